The highest BCUT2D eigenvalue weighted by Crippen LogP contribution is 2.27. The molecule has 3 aromatic rings. The first-order chi connectivity index (χ1) is 14.7. The molecular weight excluding hydrogens is 398 g/mol. The SMILES string of the molecule is O=C(CCc1ccccc1)N1CC[C@@H](c2cc(CCOc3ccc(Cl)cc3)[nH]n2)C1. The van der Waals surface area contributed by atoms with Crippen LogP contribution >= 0.6 is 11.6 Å². The van der Waals surface area contributed by atoms with Crippen molar-refractivity contribution in [3.05, 3.63) is 82.6 Å². The van der Waals surface area contributed by atoms with E-state index in [1.165, 1.54) is 5.56 Å². The number of aromatic nitrogens is 2. The van der Waals surface area contributed by atoms with Gasteiger partial charge in [0, 0.05) is 42.6 Å². The standard InChI is InChI=1S/C24H26ClN3O2/c25-20-7-9-22(10-8-20)30-15-13-21-16-23(27-26-21)19-12-14-28(17-19)24(29)11-6-18-4-2-1-3-5-18/h1-5,7-10,16,19H,6,11-15,17H2,(H,26,27)/t19-/m1/s1. The largest absolute Gasteiger partial charge is 0.493 e. The lowest BCUT2D eigenvalue weighted by molar-refractivity contribution is -0.130. The number of benzene rings is 2. The second-order valence-corrected chi connectivity index (χ2v) is 8.12. The molecule has 6 heteroatoms. The first kappa shape index (κ1) is 20.5. The molecule has 1 aromatic heterocycles. The van der Waals surface area contributed by atoms with E-state index in [1.54, 1.807) is 0 Å². The van der Waals surface area contributed by atoms with Gasteiger partial charge in [0.05, 0.1) is 12.3 Å². The van der Waals surface area contributed by atoms with Gasteiger partial charge in [0.2, 0.25) is 5.91 Å². The Morgan fingerprint density at radius 3 is 2.73 bits per heavy atom. The zero-order valence-corrected chi connectivity index (χ0v) is 17.6. The molecule has 5 nitrogen and oxygen atoms in total. The number of carbonyl (C=O) groups is 1. The molecule has 30 heavy (non-hydrogen) atoms. The minimum absolute atomic E-state index is 0.230. The zero-order chi connectivity index (χ0) is 20.8. The lowest BCUT2D eigenvalue weighted by atomic mass is 10.0. The predicted molar refractivity (Wildman–Crippen MR) is 118 cm³/mol. The normalized spacial score (nSPS) is 16.0. The van der Waals surface area contributed by atoms with Crippen LogP contribution in [0.4, 0.5) is 0 Å². The molecule has 0 aliphatic carbocycles. The highest BCUT2D eigenvalue weighted by molar-refractivity contribution is 6.30. The molecule has 2 aromatic carbocycles. The molecule has 4 rings (SSSR count). The fourth-order valence-corrected chi connectivity index (χ4v) is 3.93. The van der Waals surface area contributed by atoms with Gasteiger partial charge in [-0.15, -0.1) is 0 Å². The van der Waals surface area contributed by atoms with E-state index in [0.29, 0.717) is 24.0 Å². The number of nitrogens with one attached hydrogen (secondary N) is 1. The van der Waals surface area contributed by atoms with E-state index in [-0.39, 0.29) is 5.91 Å². The third-order valence-corrected chi connectivity index (χ3v) is 5.79. The smallest absolute Gasteiger partial charge is 0.222 e. The van der Waals surface area contributed by atoms with E-state index < -0.39 is 0 Å². The van der Waals surface area contributed by atoms with Crippen molar-refractivity contribution in [3.8, 4) is 5.75 Å². The van der Waals surface area contributed by atoms with Gasteiger partial charge in [-0.3, -0.25) is 9.89 Å². The number of aromatic amines is 1. The van der Waals surface area contributed by atoms with Gasteiger partial charge >= 0.3 is 0 Å². The summed E-state index contributed by atoms with van der Waals surface area (Å²) in [7, 11) is 0. The molecule has 0 spiro atoms. The van der Waals surface area contributed by atoms with Crippen LogP contribution in [0.3, 0.4) is 0 Å². The second kappa shape index (κ2) is 9.81. The Kier molecular flexibility index (Phi) is 6.70. The Morgan fingerprint density at radius 2 is 1.93 bits per heavy atom. The molecular formula is C24H26ClN3O2. The van der Waals surface area contributed by atoms with Crippen LogP contribution < -0.4 is 4.74 Å². The van der Waals surface area contributed by atoms with Crippen LogP contribution in [0.1, 0.15) is 35.7 Å². The fourth-order valence-electron chi connectivity index (χ4n) is 3.81. The second-order valence-electron chi connectivity index (χ2n) is 7.68. The number of amides is 1. The van der Waals surface area contributed by atoms with Gasteiger partial charge in [0.25, 0.3) is 0 Å². The van der Waals surface area contributed by atoms with Crippen molar-refractivity contribution >= 4 is 17.5 Å². The maximum Gasteiger partial charge on any atom is 0.222 e. The van der Waals surface area contributed by atoms with Crippen molar-refractivity contribution in [2.45, 2.75) is 31.6 Å². The average molecular weight is 424 g/mol. The summed E-state index contributed by atoms with van der Waals surface area (Å²) < 4.78 is 5.75. The van der Waals surface area contributed by atoms with Crippen LogP contribution in [0.15, 0.2) is 60.7 Å². The number of hydrogen-bond donors (Lipinski definition) is 1. The van der Waals surface area contributed by atoms with Crippen LogP contribution in [0.5, 0.6) is 5.75 Å². The van der Waals surface area contributed by atoms with E-state index in [0.717, 1.165) is 49.5 Å². The van der Waals surface area contributed by atoms with Crippen LogP contribution in [-0.4, -0.2) is 40.7 Å². The van der Waals surface area contributed by atoms with Gasteiger partial charge in [-0.25, -0.2) is 0 Å². The predicted octanol–water partition coefficient (Wildman–Crippen LogP) is 4.63. The van der Waals surface area contributed by atoms with E-state index in [9.17, 15) is 4.79 Å². The van der Waals surface area contributed by atoms with Gasteiger partial charge in [0.15, 0.2) is 0 Å². The lowest BCUT2D eigenvalue weighted by Gasteiger charge is -2.16. The Labute approximate surface area is 182 Å². The first-order valence-corrected chi connectivity index (χ1v) is 10.8. The van der Waals surface area contributed by atoms with Crippen molar-refractivity contribution in [2.24, 2.45) is 0 Å². The quantitative estimate of drug-likeness (QED) is 0.574. The van der Waals surface area contributed by atoms with E-state index >= 15 is 0 Å². The van der Waals surface area contributed by atoms with Crippen LogP contribution in [0, 0.1) is 0 Å². The monoisotopic (exact) mass is 423 g/mol. The highest BCUT2D eigenvalue weighted by atomic mass is 35.5. The van der Waals surface area contributed by atoms with Crippen molar-refractivity contribution in [1.82, 2.24) is 15.1 Å². The number of H-pyrrole nitrogens is 1. The maximum absolute atomic E-state index is 12.6. The number of aryl methyl sites for hydroxylation is 1. The van der Waals surface area contributed by atoms with Crippen LogP contribution in [0.2, 0.25) is 5.02 Å². The molecule has 156 valence electrons. The molecule has 0 bridgehead atoms. The minimum Gasteiger partial charge on any atom is -0.493 e. The number of rotatable bonds is 8. The van der Waals surface area contributed by atoms with Gasteiger partial charge in [-0.2, -0.15) is 5.10 Å². The van der Waals surface area contributed by atoms with Crippen molar-refractivity contribution < 1.29 is 9.53 Å². The summed E-state index contributed by atoms with van der Waals surface area (Å²) >= 11 is 5.89. The van der Waals surface area contributed by atoms with Crippen LogP contribution in [-0.2, 0) is 17.6 Å². The van der Waals surface area contributed by atoms with E-state index in [2.05, 4.69) is 28.4 Å². The number of halogens is 1. The molecule has 0 unspecified atom stereocenters. The maximum atomic E-state index is 12.6. The molecule has 2 heterocycles. The molecule has 1 atom stereocenters. The van der Waals surface area contributed by atoms with E-state index in [1.807, 2.05) is 47.4 Å². The summed E-state index contributed by atoms with van der Waals surface area (Å²) in [6.07, 6.45) is 3.07. The molecule has 1 saturated heterocycles. The molecule has 1 fully saturated rings. The number of hydrogen-bond acceptors (Lipinski definition) is 3. The van der Waals surface area contributed by atoms with Gasteiger partial charge in [-0.1, -0.05) is 41.9 Å². The van der Waals surface area contributed by atoms with Gasteiger partial charge < -0.3 is 9.64 Å². The zero-order valence-electron chi connectivity index (χ0n) is 16.9. The number of ether oxygens (including phenoxy) is 1. The van der Waals surface area contributed by atoms with Crippen molar-refractivity contribution in [1.29, 1.82) is 0 Å². The molecule has 0 saturated carbocycles. The number of nitrogens with zero attached hydrogens (tertiary/aromatic N) is 2. The summed E-state index contributed by atoms with van der Waals surface area (Å²) in [6, 6.07) is 19.6. The summed E-state index contributed by atoms with van der Waals surface area (Å²) in [5, 5.41) is 8.30. The Hall–Kier alpha value is -2.79. The fraction of sp³-hybridized carbons (Fsp3) is 0.333. The first-order valence-electron chi connectivity index (χ1n) is 10.4. The third-order valence-electron chi connectivity index (χ3n) is 5.53. The Bertz CT molecular complexity index is 956. The number of likely N-dealkylation sites (tertiary alicyclic amines) is 1. The van der Waals surface area contributed by atoms with Crippen molar-refractivity contribution in [2.75, 3.05) is 19.7 Å². The molecule has 0 radical (unpaired) electrons. The lowest BCUT2D eigenvalue weighted by Crippen LogP contribution is -2.28. The number of carbonyl (C=O) groups excluding carboxylic acids is 1. The average Bonchev–Trinajstić information content (AvgIpc) is 3.44. The highest BCUT2D eigenvalue weighted by Gasteiger charge is 2.28. The van der Waals surface area contributed by atoms with Crippen LogP contribution in [0.25, 0.3) is 0 Å². The molecule has 1 aliphatic heterocycles. The van der Waals surface area contributed by atoms with Gasteiger partial charge in [0.1, 0.15) is 5.75 Å². The minimum atomic E-state index is 0.230. The summed E-state index contributed by atoms with van der Waals surface area (Å²) in [4.78, 5) is 14.5. The summed E-state index contributed by atoms with van der Waals surface area (Å²) in [5.41, 5.74) is 3.29. The van der Waals surface area contributed by atoms with Gasteiger partial charge in [-0.05, 0) is 48.7 Å². The Morgan fingerprint density at radius 1 is 1.13 bits per heavy atom. The van der Waals surface area contributed by atoms with Crippen molar-refractivity contribution in [3.63, 3.8) is 0 Å². The third kappa shape index (κ3) is 5.42. The van der Waals surface area contributed by atoms with E-state index in [4.69, 9.17) is 16.3 Å². The summed E-state index contributed by atoms with van der Waals surface area (Å²) in [5.74, 6) is 1.33. The summed E-state index contributed by atoms with van der Waals surface area (Å²) in [6.45, 7) is 2.12. The topological polar surface area (TPSA) is 58.2 Å². The molecule has 1 amide bonds. The Balaban J connectivity index is 1.23. The molecule has 1 N–H and O–H groups in total. The molecule has 1 aliphatic rings.